The van der Waals surface area contributed by atoms with Gasteiger partial charge >= 0.3 is 0 Å². The minimum absolute atomic E-state index is 0.0132. The third-order valence-electron chi connectivity index (χ3n) is 6.49. The van der Waals surface area contributed by atoms with E-state index in [0.29, 0.717) is 53.3 Å². The zero-order chi connectivity index (χ0) is 26.2. The molecule has 0 radical (unpaired) electrons. The van der Waals surface area contributed by atoms with Crippen LogP contribution in [0.15, 0.2) is 60.7 Å². The number of hydrogen-bond acceptors (Lipinski definition) is 5. The number of rotatable bonds is 10. The van der Waals surface area contributed by atoms with Crippen LogP contribution in [0.1, 0.15) is 62.5 Å². The molecule has 0 saturated heterocycles. The lowest BCUT2D eigenvalue weighted by Crippen LogP contribution is -2.22. The number of halogens is 1. The van der Waals surface area contributed by atoms with Crippen molar-refractivity contribution < 1.29 is 19.2 Å². The summed E-state index contributed by atoms with van der Waals surface area (Å²) in [5, 5.41) is 15.1. The highest BCUT2D eigenvalue weighted by molar-refractivity contribution is 6.30. The minimum atomic E-state index is -0.464. The van der Waals surface area contributed by atoms with E-state index >= 15 is 0 Å². The van der Waals surface area contributed by atoms with Crippen LogP contribution in [-0.4, -0.2) is 17.4 Å². The van der Waals surface area contributed by atoms with E-state index in [1.165, 1.54) is 18.6 Å². The van der Waals surface area contributed by atoms with E-state index in [1.54, 1.807) is 24.3 Å². The summed E-state index contributed by atoms with van der Waals surface area (Å²) in [7, 11) is 0. The van der Waals surface area contributed by atoms with Crippen molar-refractivity contribution in [2.45, 2.75) is 57.8 Å². The number of carbonyl (C=O) groups excluding carboxylic acids is 1. The van der Waals surface area contributed by atoms with Crippen LogP contribution in [0, 0.1) is 10.1 Å². The molecular weight excluding hydrogens is 492 g/mol. The predicted octanol–water partition coefficient (Wildman–Crippen LogP) is 7.95. The molecule has 0 atom stereocenters. The van der Waals surface area contributed by atoms with Crippen molar-refractivity contribution in [1.82, 2.24) is 5.32 Å². The van der Waals surface area contributed by atoms with Crippen molar-refractivity contribution in [2.24, 2.45) is 0 Å². The molecule has 1 aliphatic carbocycles. The first kappa shape index (κ1) is 26.5. The van der Waals surface area contributed by atoms with Gasteiger partial charge in [0.2, 0.25) is 5.91 Å². The molecule has 37 heavy (non-hydrogen) atoms. The molecule has 1 N–H and O–H groups in total. The average molecular weight is 523 g/mol. The predicted molar refractivity (Wildman–Crippen MR) is 144 cm³/mol. The summed E-state index contributed by atoms with van der Waals surface area (Å²) in [5.74, 6) is 2.17. The largest absolute Gasteiger partial charge is 0.457 e. The Hall–Kier alpha value is -3.58. The van der Waals surface area contributed by atoms with E-state index in [0.717, 1.165) is 36.8 Å². The van der Waals surface area contributed by atoms with Gasteiger partial charge in [0.15, 0.2) is 0 Å². The second kappa shape index (κ2) is 12.6. The van der Waals surface area contributed by atoms with Crippen LogP contribution < -0.4 is 14.8 Å². The van der Waals surface area contributed by atoms with Crippen LogP contribution in [-0.2, 0) is 11.2 Å². The number of nitro groups is 1. The standard InChI is InChI=1S/C29H31ClN2O5/c1-2-31-29(33)15-10-20-8-12-24(13-9-20)36-25-17-23(32(34)35)18-26(19-25)37-28-14-11-22(30)16-27(28)21-6-4-3-5-7-21/h8-9,11-14,16-19,21H,2-7,10,15H2,1H3,(H,31,33). The summed E-state index contributed by atoms with van der Waals surface area (Å²) >= 11 is 6.30. The van der Waals surface area contributed by atoms with Crippen LogP contribution in [0.25, 0.3) is 0 Å². The first-order valence-electron chi connectivity index (χ1n) is 12.7. The first-order valence-corrected chi connectivity index (χ1v) is 13.1. The van der Waals surface area contributed by atoms with Gasteiger partial charge in [-0.05, 0) is 73.6 Å². The van der Waals surface area contributed by atoms with E-state index in [4.69, 9.17) is 21.1 Å². The van der Waals surface area contributed by atoms with Gasteiger partial charge in [0.1, 0.15) is 23.0 Å². The average Bonchev–Trinajstić information content (AvgIpc) is 2.90. The molecule has 194 valence electrons. The van der Waals surface area contributed by atoms with E-state index in [2.05, 4.69) is 5.32 Å². The Labute approximate surface area is 221 Å². The molecule has 4 rings (SSSR count). The van der Waals surface area contributed by atoms with Crippen LogP contribution >= 0.6 is 11.6 Å². The highest BCUT2D eigenvalue weighted by atomic mass is 35.5. The second-order valence-corrected chi connectivity index (χ2v) is 9.67. The fourth-order valence-electron chi connectivity index (χ4n) is 4.66. The number of aryl methyl sites for hydroxylation is 1. The van der Waals surface area contributed by atoms with Gasteiger partial charge in [-0.1, -0.05) is 43.0 Å². The quantitative estimate of drug-likeness (QED) is 0.215. The van der Waals surface area contributed by atoms with Crippen molar-refractivity contribution >= 4 is 23.2 Å². The van der Waals surface area contributed by atoms with Gasteiger partial charge in [0.05, 0.1) is 17.1 Å². The summed E-state index contributed by atoms with van der Waals surface area (Å²) in [6.07, 6.45) is 6.72. The molecule has 1 saturated carbocycles. The molecule has 0 heterocycles. The minimum Gasteiger partial charge on any atom is -0.457 e. The number of nitrogens with zero attached hydrogens (tertiary/aromatic N) is 1. The smallest absolute Gasteiger partial charge is 0.276 e. The van der Waals surface area contributed by atoms with Gasteiger partial charge in [-0.2, -0.15) is 0 Å². The molecule has 0 spiro atoms. The molecule has 8 heteroatoms. The molecule has 1 fully saturated rings. The van der Waals surface area contributed by atoms with Gasteiger partial charge in [-0.3, -0.25) is 14.9 Å². The normalized spacial score (nSPS) is 13.7. The van der Waals surface area contributed by atoms with E-state index < -0.39 is 4.92 Å². The van der Waals surface area contributed by atoms with Crippen molar-refractivity contribution in [1.29, 1.82) is 0 Å². The van der Waals surface area contributed by atoms with E-state index in [9.17, 15) is 14.9 Å². The monoisotopic (exact) mass is 522 g/mol. The van der Waals surface area contributed by atoms with Crippen LogP contribution in [0.5, 0.6) is 23.0 Å². The zero-order valence-corrected chi connectivity index (χ0v) is 21.6. The molecule has 0 aliphatic heterocycles. The van der Waals surface area contributed by atoms with Gasteiger partial charge < -0.3 is 14.8 Å². The lowest BCUT2D eigenvalue weighted by atomic mass is 9.84. The van der Waals surface area contributed by atoms with Crippen LogP contribution in [0.3, 0.4) is 0 Å². The topological polar surface area (TPSA) is 90.7 Å². The summed E-state index contributed by atoms with van der Waals surface area (Å²) < 4.78 is 12.1. The van der Waals surface area contributed by atoms with Crippen LogP contribution in [0.2, 0.25) is 5.02 Å². The van der Waals surface area contributed by atoms with Gasteiger partial charge in [0.25, 0.3) is 5.69 Å². The second-order valence-electron chi connectivity index (χ2n) is 9.24. The number of non-ortho nitro benzene ring substituents is 1. The molecule has 7 nitrogen and oxygen atoms in total. The summed E-state index contributed by atoms with van der Waals surface area (Å²) in [5.41, 5.74) is 1.91. The lowest BCUT2D eigenvalue weighted by molar-refractivity contribution is -0.385. The highest BCUT2D eigenvalue weighted by Crippen LogP contribution is 2.41. The summed E-state index contributed by atoms with van der Waals surface area (Å²) in [6.45, 7) is 2.50. The van der Waals surface area contributed by atoms with Crippen LogP contribution in [0.4, 0.5) is 5.69 Å². The third kappa shape index (κ3) is 7.46. The van der Waals surface area contributed by atoms with E-state index in [1.807, 2.05) is 31.2 Å². The van der Waals surface area contributed by atoms with Crippen molar-refractivity contribution in [2.75, 3.05) is 6.54 Å². The Morgan fingerprint density at radius 1 is 0.973 bits per heavy atom. The number of carbonyl (C=O) groups is 1. The Morgan fingerprint density at radius 3 is 2.35 bits per heavy atom. The fraction of sp³-hybridized carbons (Fsp3) is 0.345. The van der Waals surface area contributed by atoms with E-state index in [-0.39, 0.29) is 11.6 Å². The number of amides is 1. The third-order valence-corrected chi connectivity index (χ3v) is 6.73. The maximum absolute atomic E-state index is 11.7. The Bertz CT molecular complexity index is 1240. The van der Waals surface area contributed by atoms with Gasteiger partial charge in [0, 0.05) is 24.1 Å². The number of nitro benzene ring substituents is 1. The number of ether oxygens (including phenoxy) is 2. The van der Waals surface area contributed by atoms with Crippen molar-refractivity contribution in [3.63, 3.8) is 0 Å². The van der Waals surface area contributed by atoms with Crippen molar-refractivity contribution in [3.8, 4) is 23.0 Å². The number of nitrogens with one attached hydrogen (secondary N) is 1. The SMILES string of the molecule is CCNC(=O)CCc1ccc(Oc2cc(Oc3ccc(Cl)cc3C3CCCCC3)cc([N+](=O)[O-])c2)cc1. The Balaban J connectivity index is 1.52. The fourth-order valence-corrected chi connectivity index (χ4v) is 4.84. The van der Waals surface area contributed by atoms with Crippen molar-refractivity contribution in [3.05, 3.63) is 86.9 Å². The number of hydrogen-bond donors (Lipinski definition) is 1. The summed E-state index contributed by atoms with van der Waals surface area (Å²) in [6, 6.07) is 17.3. The molecule has 0 aromatic heterocycles. The molecule has 0 bridgehead atoms. The molecule has 0 unspecified atom stereocenters. The highest BCUT2D eigenvalue weighted by Gasteiger charge is 2.21. The number of benzene rings is 3. The maximum Gasteiger partial charge on any atom is 0.276 e. The Morgan fingerprint density at radius 2 is 1.68 bits per heavy atom. The molecule has 1 amide bonds. The first-order chi connectivity index (χ1) is 17.9. The Kier molecular flexibility index (Phi) is 9.01. The lowest BCUT2D eigenvalue weighted by Gasteiger charge is -2.24. The van der Waals surface area contributed by atoms with Gasteiger partial charge in [-0.15, -0.1) is 0 Å². The zero-order valence-electron chi connectivity index (χ0n) is 20.9. The summed E-state index contributed by atoms with van der Waals surface area (Å²) in [4.78, 5) is 22.9. The molecular formula is C29H31ClN2O5. The molecule has 1 aliphatic rings. The molecule has 3 aromatic carbocycles. The van der Waals surface area contributed by atoms with Gasteiger partial charge in [-0.25, -0.2) is 0 Å². The molecule has 3 aromatic rings. The maximum atomic E-state index is 11.7.